The molecule has 668 valence electrons. The number of nitro benzene ring substituents is 3. The van der Waals surface area contributed by atoms with Crippen LogP contribution < -0.4 is 91.4 Å². The average Bonchev–Trinajstić information content (AvgIpc) is 1.66. The average molecular weight is 1780 g/mol. The number of rotatable bonds is 39. The summed E-state index contributed by atoms with van der Waals surface area (Å²) in [5, 5.41) is 71.5. The second-order valence-corrected chi connectivity index (χ2v) is 29.7. The van der Waals surface area contributed by atoms with E-state index in [0.29, 0.717) is 118 Å². The third kappa shape index (κ3) is 36.9. The molecule has 0 unspecified atom stereocenters. The standard InChI is InChI=1S/C29H30N6O2.C20H22N2O2.C10H11N3O3.C10H13N3O.C10H14N2O6S.C9H12N2O4.CN.Na/c1-35(2)15-5-17-37-23-11-13-25-27(19-23)34-29(32-25)21-8-6-20(7-9-21)28-31-24-12-10-22(18-26(24)33-28)36-16-4-3-14-30;1-22(2)10-3-11-24-18-8-9-19-17(12-18)13-20(21-19)16-6-4-15(14-23)5-7-16;11-5-1-2-6-16-8-3-4-10(13(14)15)9(12)7-8;11-5-1-2-6-14-8-3-4-9(12)10(13)7-8;1-19(15,16)18-6-2-5-17-8-3-4-10(12(13)14)9(11)7-8;10-8-6-7(15-5-1-4-12)2-3-9(8)11(13)14;1-2;/h6-13,18-19H,3-5,15-17H2,1-2H3,(H,31,33)(H,32,34);4-9,12,14H,3,10-11,13H2,1-2H3;3-4,7H,1-2,6,12H2;3-4,7H,1-2,6,12-13H2;3-4,7H,2,5-6,11H2,1H3;2-3,6,12H,1,4-5,10H2;;/q;;;;;;-1;+1. The van der Waals surface area contributed by atoms with Gasteiger partial charge in [0.2, 0.25) is 0 Å². The number of benzene rings is 9. The summed E-state index contributed by atoms with van der Waals surface area (Å²) in [4.78, 5) is 65.8. The van der Waals surface area contributed by atoms with E-state index in [0.717, 1.165) is 137 Å². The summed E-state index contributed by atoms with van der Waals surface area (Å²) in [6.45, 7) is 10.2. The van der Waals surface area contributed by atoms with Gasteiger partial charge >= 0.3 is 29.6 Å². The molecule has 0 atom stereocenters. The zero-order valence-corrected chi connectivity index (χ0v) is 74.7. The number of unbranched alkanes of at least 4 members (excludes halogenated alkanes) is 3. The van der Waals surface area contributed by atoms with Crippen LogP contribution in [0.4, 0.5) is 51.2 Å². The van der Waals surface area contributed by atoms with Gasteiger partial charge in [0.05, 0.1) is 137 Å². The molecule has 0 saturated heterocycles. The van der Waals surface area contributed by atoms with Gasteiger partial charge in [-0.1, -0.05) is 48.5 Å². The molecular formula is C89H102N19NaO18S. The first-order chi connectivity index (χ1) is 61.1. The smallest absolute Gasteiger partial charge is 0.512 e. The minimum absolute atomic E-state index is 0. The number of nitro groups is 3. The van der Waals surface area contributed by atoms with Gasteiger partial charge in [0.1, 0.15) is 75.2 Å². The van der Waals surface area contributed by atoms with Crippen molar-refractivity contribution in [1.82, 2.24) is 29.7 Å². The molecule has 0 bridgehead atoms. The van der Waals surface area contributed by atoms with Gasteiger partial charge in [-0.05, 0) is 144 Å². The molecule has 37 nitrogen and oxygen atoms in total. The molecule has 39 heteroatoms. The van der Waals surface area contributed by atoms with Crippen molar-refractivity contribution < 1.29 is 100.0 Å². The van der Waals surface area contributed by atoms with Gasteiger partial charge in [0.15, 0.2) is 0 Å². The molecule has 0 saturated carbocycles. The second-order valence-electron chi connectivity index (χ2n) is 28.1. The van der Waals surface area contributed by atoms with Gasteiger partial charge in [-0.25, -0.2) is 9.97 Å². The Kier molecular flexibility index (Phi) is 45.6. The van der Waals surface area contributed by atoms with Gasteiger partial charge in [0.25, 0.3) is 27.2 Å². The molecular weight excluding hydrogens is 1680 g/mol. The number of nitrogens with zero attached hydrogens (tertiary/aromatic N) is 12. The van der Waals surface area contributed by atoms with Crippen LogP contribution in [-0.4, -0.2) is 177 Å². The number of nitrogens with two attached hydrogens (primary N) is 5. The topological polar surface area (TPSA) is 576 Å². The number of hydrogen-bond acceptors (Lipinski definition) is 32. The number of aliphatic hydroxyl groups is 1. The fourth-order valence-corrected chi connectivity index (χ4v) is 11.7. The first-order valence-corrected chi connectivity index (χ1v) is 41.5. The SMILES string of the molecule is CN(C)CCCOc1ccc2c(c1)CC(c1ccc(C=O)cc1)=N2.CN(C)CCCOc1ccc2nc(-c3ccc(-c4nc5ccc(OCCCC#N)cc5[nH]4)cc3)[nH]c2c1.CS(=O)(=O)OCCCOc1ccc([N+](=O)[O-])c(N)c1.N#CCCCOc1ccc(N)c(N)c1.N#CCCCOc1ccc([N+](=O)[O-])c(N)c1.Nc1cc(OCCCO)ccc1[N+](=O)[O-].[C-]#N.[Na+]. The third-order valence-corrected chi connectivity index (χ3v) is 18.2. The van der Waals surface area contributed by atoms with E-state index in [2.05, 4.69) is 64.3 Å². The number of aliphatic imine (C=N–C) groups is 1. The fourth-order valence-electron chi connectivity index (χ4n) is 11.3. The first-order valence-electron chi connectivity index (χ1n) is 39.7. The minimum Gasteiger partial charge on any atom is -0.512 e. The number of nitrogens with one attached hydrogen (secondary N) is 2. The number of carbonyl (C=O) groups is 1. The number of carbonyl (C=O) groups excluding carboxylic acids is 1. The monoisotopic (exact) mass is 1780 g/mol. The molecule has 13 N–H and O–H groups in total. The van der Waals surface area contributed by atoms with Crippen LogP contribution >= 0.6 is 0 Å². The molecule has 0 spiro atoms. The van der Waals surface area contributed by atoms with E-state index >= 15 is 0 Å². The normalized spacial score (nSPS) is 10.7. The van der Waals surface area contributed by atoms with Gasteiger partial charge in [-0.3, -0.25) is 44.3 Å². The largest absolute Gasteiger partial charge is 1.00 e. The van der Waals surface area contributed by atoms with E-state index in [-0.39, 0.29) is 83.5 Å². The molecule has 1 aliphatic heterocycles. The third-order valence-electron chi connectivity index (χ3n) is 17.6. The molecule has 0 fully saturated rings. The van der Waals surface area contributed by atoms with Gasteiger partial charge in [-0.2, -0.15) is 24.2 Å². The molecule has 3 heterocycles. The zero-order chi connectivity index (χ0) is 92.6. The Balaban J connectivity index is 0.000000282. The van der Waals surface area contributed by atoms with Crippen molar-refractivity contribution in [3.05, 3.63) is 230 Å². The number of H-pyrrole nitrogens is 2. The van der Waals surface area contributed by atoms with Crippen molar-refractivity contribution in [3.63, 3.8) is 0 Å². The van der Waals surface area contributed by atoms with Crippen LogP contribution in [0.15, 0.2) is 181 Å². The first kappa shape index (κ1) is 104. The summed E-state index contributed by atoms with van der Waals surface area (Å²) in [5.74, 6) is 6.13. The maximum absolute atomic E-state index is 10.8. The molecule has 0 amide bonds. The molecule has 11 aromatic rings. The number of aldehydes is 1. The number of nitriles is 3. The summed E-state index contributed by atoms with van der Waals surface area (Å²) in [6.07, 6.45) is 8.95. The molecule has 128 heavy (non-hydrogen) atoms. The van der Waals surface area contributed by atoms with Crippen molar-refractivity contribution in [2.24, 2.45) is 4.99 Å². The van der Waals surface area contributed by atoms with Crippen LogP contribution in [0.3, 0.4) is 0 Å². The van der Waals surface area contributed by atoms with Crippen molar-refractivity contribution in [1.29, 1.82) is 21.0 Å². The number of aromatic nitrogens is 4. The fraction of sp³-hybridized carbons (Fsp3) is 0.303. The Bertz CT molecular complexity index is 5700. The van der Waals surface area contributed by atoms with Crippen molar-refractivity contribution in [3.8, 4) is 81.2 Å². The van der Waals surface area contributed by atoms with Crippen LogP contribution in [0.5, 0.6) is 40.2 Å². The molecule has 1 aliphatic rings. The minimum atomic E-state index is -3.44. The zero-order valence-electron chi connectivity index (χ0n) is 71.9. The number of aromatic amines is 2. The number of ether oxygens (including phenoxy) is 7. The Hall–Kier alpha value is -14.2. The number of hydrogen-bond donors (Lipinski definition) is 8. The molecule has 0 aliphatic carbocycles. The number of aliphatic hydroxyl groups excluding tert-OH is 1. The maximum Gasteiger partial charge on any atom is 1.00 e. The van der Waals surface area contributed by atoms with Crippen LogP contribution in [0, 0.1) is 76.2 Å². The predicted molar refractivity (Wildman–Crippen MR) is 484 cm³/mol. The van der Waals surface area contributed by atoms with Crippen LogP contribution in [0.1, 0.15) is 85.7 Å². The number of fused-ring (bicyclic) bond motifs is 3. The summed E-state index contributed by atoms with van der Waals surface area (Å²) in [5.41, 5.74) is 38.9. The number of nitrogen functional groups attached to an aromatic ring is 5. The van der Waals surface area contributed by atoms with E-state index in [1.807, 2.05) is 109 Å². The van der Waals surface area contributed by atoms with Crippen LogP contribution in [0.25, 0.3) is 44.8 Å². The molecule has 12 rings (SSSR count). The number of anilines is 5. The molecule has 2 aromatic heterocycles. The Labute approximate surface area is 763 Å². The van der Waals surface area contributed by atoms with Crippen molar-refractivity contribution in [2.75, 3.05) is 136 Å². The summed E-state index contributed by atoms with van der Waals surface area (Å²) in [6, 6.07) is 57.3. The van der Waals surface area contributed by atoms with Crippen LogP contribution in [0.2, 0.25) is 0 Å². The quantitative estimate of drug-likeness (QED) is 0.00259. The molecule has 9 aromatic carbocycles. The Morgan fingerprint density at radius 2 is 0.805 bits per heavy atom. The second kappa shape index (κ2) is 55.9. The van der Waals surface area contributed by atoms with Gasteiger partial charge in [0, 0.05) is 130 Å². The molecule has 0 radical (unpaired) electrons. The van der Waals surface area contributed by atoms with Gasteiger partial charge in [-0.15, -0.1) is 0 Å². The summed E-state index contributed by atoms with van der Waals surface area (Å²) in [7, 11) is 4.82. The summed E-state index contributed by atoms with van der Waals surface area (Å²) >= 11 is 0. The van der Waals surface area contributed by atoms with Crippen molar-refractivity contribution >= 4 is 95.4 Å². The Morgan fingerprint density at radius 1 is 0.461 bits per heavy atom. The van der Waals surface area contributed by atoms with E-state index in [1.54, 1.807) is 18.2 Å². The van der Waals surface area contributed by atoms with E-state index in [1.165, 1.54) is 60.2 Å². The van der Waals surface area contributed by atoms with Gasteiger partial charge < -0.3 is 98.5 Å². The van der Waals surface area contributed by atoms with E-state index in [9.17, 15) is 43.6 Å². The van der Waals surface area contributed by atoms with E-state index in [4.69, 9.17) is 110 Å². The summed E-state index contributed by atoms with van der Waals surface area (Å²) < 4.78 is 64.4. The predicted octanol–water partition coefficient (Wildman–Crippen LogP) is 11.6. The Morgan fingerprint density at radius 3 is 1.16 bits per heavy atom. The number of imidazole rings is 2. The van der Waals surface area contributed by atoms with Crippen molar-refractivity contribution in [2.45, 2.75) is 70.6 Å². The van der Waals surface area contributed by atoms with Crippen LogP contribution in [-0.2, 0) is 20.7 Å². The van der Waals surface area contributed by atoms with E-state index < -0.39 is 24.9 Å². The maximum atomic E-state index is 10.8.